The number of halogens is 2. The number of rotatable bonds is 5. The summed E-state index contributed by atoms with van der Waals surface area (Å²) in [5, 5.41) is 27.8. The number of aromatic hydroxyl groups is 1. The number of carbonyl (C=O) groups is 2. The summed E-state index contributed by atoms with van der Waals surface area (Å²) >= 11 is 0. The molecule has 0 heterocycles. The van der Waals surface area contributed by atoms with Gasteiger partial charge in [0.2, 0.25) is 0 Å². The Balaban J connectivity index is 1.90. The molecule has 3 rings (SSSR count). The summed E-state index contributed by atoms with van der Waals surface area (Å²) in [5.74, 6) is -4.34. The minimum absolute atomic E-state index is 0.0270. The average Bonchev–Trinajstić information content (AvgIpc) is 2.72. The Morgan fingerprint density at radius 2 is 1.81 bits per heavy atom. The number of nitrogens with zero attached hydrogens (tertiary/aromatic N) is 1. The van der Waals surface area contributed by atoms with Gasteiger partial charge in [-0.1, -0.05) is 18.2 Å². The molecule has 0 unspecified atom stereocenters. The number of benzene rings is 3. The molecule has 154 valence electrons. The second-order valence-corrected chi connectivity index (χ2v) is 6.29. The Bertz CT molecular complexity index is 1260. The predicted octanol–water partition coefficient (Wildman–Crippen LogP) is 4.55. The van der Waals surface area contributed by atoms with Crippen molar-refractivity contribution in [1.82, 2.24) is 0 Å². The fraction of sp³-hybridized carbons (Fsp3) is 0. The van der Waals surface area contributed by atoms with Crippen molar-refractivity contribution >= 4 is 18.0 Å². The molecular weight excluding hydrogens is 408 g/mol. The van der Waals surface area contributed by atoms with Crippen LogP contribution in [-0.2, 0) is 4.79 Å². The smallest absolute Gasteiger partial charge is 0.347 e. The van der Waals surface area contributed by atoms with Crippen molar-refractivity contribution in [2.45, 2.75) is 0 Å². The Labute approximate surface area is 174 Å². The SMILES string of the molecule is N#CC(=Cc1cccc(OC(=O)c2cc(-c3ccc(F)cc3F)ccc2O)c1)C(=O)O. The normalized spacial score (nSPS) is 10.9. The van der Waals surface area contributed by atoms with Gasteiger partial charge in [-0.2, -0.15) is 5.26 Å². The highest BCUT2D eigenvalue weighted by molar-refractivity contribution is 5.97. The number of esters is 1. The fourth-order valence-corrected chi connectivity index (χ4v) is 2.73. The Kier molecular flexibility index (Phi) is 6.07. The molecule has 0 fully saturated rings. The van der Waals surface area contributed by atoms with Crippen LogP contribution in [0.5, 0.6) is 11.5 Å². The second kappa shape index (κ2) is 8.88. The van der Waals surface area contributed by atoms with Gasteiger partial charge in [-0.25, -0.2) is 18.4 Å². The van der Waals surface area contributed by atoms with E-state index in [-0.39, 0.29) is 22.4 Å². The van der Waals surface area contributed by atoms with Crippen LogP contribution in [0.4, 0.5) is 8.78 Å². The zero-order valence-electron chi connectivity index (χ0n) is 15.7. The largest absolute Gasteiger partial charge is 0.507 e. The lowest BCUT2D eigenvalue weighted by Gasteiger charge is -2.10. The third kappa shape index (κ3) is 4.92. The topological polar surface area (TPSA) is 108 Å². The molecule has 0 aliphatic rings. The molecule has 31 heavy (non-hydrogen) atoms. The van der Waals surface area contributed by atoms with Crippen LogP contribution < -0.4 is 4.74 Å². The third-order valence-electron chi connectivity index (χ3n) is 4.19. The van der Waals surface area contributed by atoms with Crippen LogP contribution in [0.15, 0.2) is 66.2 Å². The third-order valence-corrected chi connectivity index (χ3v) is 4.19. The predicted molar refractivity (Wildman–Crippen MR) is 106 cm³/mol. The van der Waals surface area contributed by atoms with E-state index in [4.69, 9.17) is 15.1 Å². The quantitative estimate of drug-likeness (QED) is 0.271. The molecule has 8 heteroatoms. The summed E-state index contributed by atoms with van der Waals surface area (Å²) in [7, 11) is 0. The number of hydrogen-bond acceptors (Lipinski definition) is 5. The van der Waals surface area contributed by atoms with Crippen molar-refractivity contribution in [1.29, 1.82) is 5.26 Å². The van der Waals surface area contributed by atoms with Gasteiger partial charge >= 0.3 is 11.9 Å². The highest BCUT2D eigenvalue weighted by atomic mass is 19.1. The molecule has 0 saturated heterocycles. The standard InChI is InChI=1S/C23H13F2NO5/c24-16-5-6-18(20(25)11-16)14-4-7-21(27)19(10-14)23(30)31-17-3-1-2-13(9-17)8-15(12-26)22(28)29/h1-11,27H,(H,28,29). The number of carbonyl (C=O) groups excluding carboxylic acids is 1. The molecule has 0 amide bonds. The highest BCUT2D eigenvalue weighted by Gasteiger charge is 2.17. The van der Waals surface area contributed by atoms with Gasteiger partial charge in [-0.05, 0) is 53.6 Å². The first-order valence-electron chi connectivity index (χ1n) is 8.74. The number of phenolic OH excluding ortho intramolecular Hbond substituents is 1. The zero-order chi connectivity index (χ0) is 22.5. The summed E-state index contributed by atoms with van der Waals surface area (Å²) in [4.78, 5) is 23.5. The van der Waals surface area contributed by atoms with Crippen molar-refractivity contribution < 1.29 is 33.3 Å². The van der Waals surface area contributed by atoms with Gasteiger partial charge in [0.1, 0.15) is 40.3 Å². The van der Waals surface area contributed by atoms with Gasteiger partial charge in [0, 0.05) is 11.6 Å². The number of hydrogen-bond donors (Lipinski definition) is 2. The lowest BCUT2D eigenvalue weighted by Crippen LogP contribution is -2.09. The summed E-state index contributed by atoms with van der Waals surface area (Å²) < 4.78 is 32.4. The second-order valence-electron chi connectivity index (χ2n) is 6.29. The summed E-state index contributed by atoms with van der Waals surface area (Å²) in [6.45, 7) is 0. The molecule has 0 bridgehead atoms. The highest BCUT2D eigenvalue weighted by Crippen LogP contribution is 2.29. The molecule has 0 radical (unpaired) electrons. The molecule has 0 aliphatic carbocycles. The first kappa shape index (κ1) is 21.2. The van der Waals surface area contributed by atoms with E-state index in [1.807, 2.05) is 0 Å². The number of phenols is 1. The van der Waals surface area contributed by atoms with Gasteiger partial charge in [0.05, 0.1) is 0 Å². The Hall–Kier alpha value is -4.51. The van der Waals surface area contributed by atoms with E-state index in [1.165, 1.54) is 54.6 Å². The molecule has 0 atom stereocenters. The number of carboxylic acid groups (broad SMARTS) is 1. The molecule has 3 aromatic rings. The average molecular weight is 421 g/mol. The Morgan fingerprint density at radius 1 is 1.03 bits per heavy atom. The van der Waals surface area contributed by atoms with Crippen LogP contribution in [0, 0.1) is 23.0 Å². The molecule has 0 aromatic heterocycles. The molecule has 2 N–H and O–H groups in total. The first-order chi connectivity index (χ1) is 14.8. The van der Waals surface area contributed by atoms with E-state index in [2.05, 4.69) is 0 Å². The van der Waals surface area contributed by atoms with E-state index >= 15 is 0 Å². The number of aliphatic carboxylic acids is 1. The van der Waals surface area contributed by atoms with Crippen molar-refractivity contribution in [3.63, 3.8) is 0 Å². The van der Waals surface area contributed by atoms with Crippen LogP contribution in [0.3, 0.4) is 0 Å². The lowest BCUT2D eigenvalue weighted by molar-refractivity contribution is -0.132. The lowest BCUT2D eigenvalue weighted by atomic mass is 10.0. The Morgan fingerprint density at radius 3 is 2.48 bits per heavy atom. The van der Waals surface area contributed by atoms with Crippen LogP contribution in [0.2, 0.25) is 0 Å². The van der Waals surface area contributed by atoms with Crippen LogP contribution in [0.1, 0.15) is 15.9 Å². The molecular formula is C23H13F2NO5. The fourth-order valence-electron chi connectivity index (χ4n) is 2.73. The van der Waals surface area contributed by atoms with E-state index in [1.54, 1.807) is 0 Å². The summed E-state index contributed by atoms with van der Waals surface area (Å²) in [6, 6.07) is 14.0. The molecule has 0 aliphatic heterocycles. The van der Waals surface area contributed by atoms with Gasteiger partial charge in [-0.3, -0.25) is 0 Å². The van der Waals surface area contributed by atoms with Gasteiger partial charge < -0.3 is 14.9 Å². The van der Waals surface area contributed by atoms with Crippen molar-refractivity contribution in [2.24, 2.45) is 0 Å². The minimum Gasteiger partial charge on any atom is -0.507 e. The number of ether oxygens (including phenoxy) is 1. The summed E-state index contributed by atoms with van der Waals surface area (Å²) in [6.07, 6.45) is 1.11. The molecule has 3 aromatic carbocycles. The maximum atomic E-state index is 14.1. The van der Waals surface area contributed by atoms with Crippen LogP contribution in [0.25, 0.3) is 17.2 Å². The molecule has 6 nitrogen and oxygen atoms in total. The number of nitriles is 1. The first-order valence-corrected chi connectivity index (χ1v) is 8.74. The zero-order valence-corrected chi connectivity index (χ0v) is 15.7. The van der Waals surface area contributed by atoms with E-state index in [9.17, 15) is 23.5 Å². The van der Waals surface area contributed by atoms with Crippen molar-refractivity contribution in [2.75, 3.05) is 0 Å². The van der Waals surface area contributed by atoms with E-state index < -0.39 is 34.9 Å². The van der Waals surface area contributed by atoms with E-state index in [0.29, 0.717) is 11.6 Å². The van der Waals surface area contributed by atoms with Crippen LogP contribution in [-0.4, -0.2) is 22.2 Å². The maximum absolute atomic E-state index is 14.1. The molecule has 0 saturated carbocycles. The number of carboxylic acids is 1. The van der Waals surface area contributed by atoms with Gasteiger partial charge in [0.15, 0.2) is 0 Å². The molecule has 0 spiro atoms. The van der Waals surface area contributed by atoms with E-state index in [0.717, 1.165) is 12.1 Å². The minimum atomic E-state index is -1.40. The van der Waals surface area contributed by atoms with Gasteiger partial charge in [0.25, 0.3) is 0 Å². The maximum Gasteiger partial charge on any atom is 0.347 e. The van der Waals surface area contributed by atoms with Crippen molar-refractivity contribution in [3.05, 3.63) is 89.0 Å². The monoisotopic (exact) mass is 421 g/mol. The van der Waals surface area contributed by atoms with Gasteiger partial charge in [-0.15, -0.1) is 0 Å². The summed E-state index contributed by atoms with van der Waals surface area (Å²) in [5.41, 5.74) is -0.212. The van der Waals surface area contributed by atoms with Crippen LogP contribution >= 0.6 is 0 Å². The van der Waals surface area contributed by atoms with Crippen molar-refractivity contribution in [3.8, 4) is 28.7 Å².